The molecule has 0 spiro atoms. The van der Waals surface area contributed by atoms with Crippen LogP contribution in [0, 0.1) is 24.8 Å². The summed E-state index contributed by atoms with van der Waals surface area (Å²) in [5.41, 5.74) is 4.55. The average Bonchev–Trinajstić information content (AvgIpc) is 3.39. The molecule has 0 atom stereocenters. The van der Waals surface area contributed by atoms with E-state index in [-0.39, 0.29) is 48.9 Å². The first-order chi connectivity index (χ1) is 20.5. The number of carbonyl (C=O) groups excluding carboxylic acids is 1. The quantitative estimate of drug-likeness (QED) is 0.0968. The number of aliphatic hydroxyl groups is 1. The van der Waals surface area contributed by atoms with Gasteiger partial charge in [-0.2, -0.15) is 0 Å². The second-order valence-electron chi connectivity index (χ2n) is 12.5. The third kappa shape index (κ3) is 7.86. The van der Waals surface area contributed by atoms with Crippen molar-refractivity contribution >= 4 is 48.9 Å². The first-order valence-electron chi connectivity index (χ1n) is 15.7. The number of hydrogen-bond acceptors (Lipinski definition) is 4. The van der Waals surface area contributed by atoms with E-state index in [2.05, 4.69) is 94.4 Å². The Labute approximate surface area is 281 Å². The molecule has 3 nitrogen and oxygen atoms in total. The van der Waals surface area contributed by atoms with Crippen molar-refractivity contribution in [3.8, 4) is 11.3 Å². The summed E-state index contributed by atoms with van der Waals surface area (Å²) < 4.78 is 1.32. The van der Waals surface area contributed by atoms with Gasteiger partial charge in [-0.05, 0) is 55.5 Å². The Morgan fingerprint density at radius 3 is 2.09 bits per heavy atom. The van der Waals surface area contributed by atoms with E-state index < -0.39 is 0 Å². The Bertz CT molecular complexity index is 1750. The first-order valence-corrected chi connectivity index (χ1v) is 16.5. The van der Waals surface area contributed by atoms with Gasteiger partial charge in [0.15, 0.2) is 5.78 Å². The summed E-state index contributed by atoms with van der Waals surface area (Å²) in [6.07, 6.45) is 4.91. The monoisotopic (exact) mass is 785 g/mol. The number of rotatable bonds is 8. The van der Waals surface area contributed by atoms with E-state index in [1.54, 1.807) is 0 Å². The third-order valence-electron chi connectivity index (χ3n) is 8.41. The Morgan fingerprint density at radius 2 is 1.48 bits per heavy atom. The Hall–Kier alpha value is -2.85. The van der Waals surface area contributed by atoms with E-state index in [1.807, 2.05) is 39.0 Å². The Kier molecular flexibility index (Phi) is 12.5. The molecule has 0 fully saturated rings. The largest absolute Gasteiger partial charge is 0.512 e. The van der Waals surface area contributed by atoms with Gasteiger partial charge in [-0.15, -0.1) is 40.5 Å². The van der Waals surface area contributed by atoms with Gasteiger partial charge in [-0.1, -0.05) is 95.8 Å². The van der Waals surface area contributed by atoms with Gasteiger partial charge >= 0.3 is 0 Å². The minimum absolute atomic E-state index is 0. The van der Waals surface area contributed by atoms with Crippen molar-refractivity contribution in [2.24, 2.45) is 11.8 Å². The molecular formula is C39H46IrNO2S-. The van der Waals surface area contributed by atoms with Crippen LogP contribution in [-0.4, -0.2) is 15.9 Å². The Morgan fingerprint density at radius 1 is 0.886 bits per heavy atom. The van der Waals surface area contributed by atoms with Crippen LogP contribution in [0.15, 0.2) is 72.5 Å². The zero-order chi connectivity index (χ0) is 31.3. The second kappa shape index (κ2) is 15.4. The van der Waals surface area contributed by atoms with Gasteiger partial charge in [0.1, 0.15) is 0 Å². The fourth-order valence-electron chi connectivity index (χ4n) is 5.80. The molecule has 235 valence electrons. The third-order valence-corrected chi connectivity index (χ3v) is 9.50. The van der Waals surface area contributed by atoms with Gasteiger partial charge in [0.2, 0.25) is 0 Å². The summed E-state index contributed by atoms with van der Waals surface area (Å²) in [6, 6.07) is 25.2. The summed E-state index contributed by atoms with van der Waals surface area (Å²) >= 11 is 1.85. The van der Waals surface area contributed by atoms with Gasteiger partial charge < -0.3 is 5.11 Å². The van der Waals surface area contributed by atoms with Gasteiger partial charge in [0, 0.05) is 58.7 Å². The van der Waals surface area contributed by atoms with Crippen LogP contribution in [0.4, 0.5) is 0 Å². The number of benzene rings is 3. The Balaban J connectivity index is 0.000000286. The minimum Gasteiger partial charge on any atom is -0.512 e. The second-order valence-corrected chi connectivity index (χ2v) is 13.7. The molecule has 1 radical (unpaired) electrons. The molecule has 0 aliphatic carbocycles. The van der Waals surface area contributed by atoms with E-state index in [4.69, 9.17) is 4.98 Å². The summed E-state index contributed by atoms with van der Waals surface area (Å²) in [6.45, 7) is 17.1. The molecule has 44 heavy (non-hydrogen) atoms. The normalized spacial score (nSPS) is 12.1. The number of fused-ring (bicyclic) bond motifs is 4. The van der Waals surface area contributed by atoms with Crippen LogP contribution in [0.1, 0.15) is 84.6 Å². The summed E-state index contributed by atoms with van der Waals surface area (Å²) in [7, 11) is 0. The number of para-hydroxylation sites is 1. The molecule has 2 aromatic heterocycles. The van der Waals surface area contributed by atoms with E-state index >= 15 is 0 Å². The predicted octanol–water partition coefficient (Wildman–Crippen LogP) is 11.5. The van der Waals surface area contributed by atoms with Crippen LogP contribution in [0.5, 0.6) is 0 Å². The molecule has 0 aliphatic heterocycles. The molecule has 0 saturated carbocycles. The molecule has 0 amide bonds. The fraction of sp³-hybridized carbons (Fsp3) is 0.385. The van der Waals surface area contributed by atoms with Crippen LogP contribution in [0.3, 0.4) is 0 Å². The van der Waals surface area contributed by atoms with Crippen LogP contribution in [0.2, 0.25) is 0 Å². The van der Waals surface area contributed by atoms with Crippen molar-refractivity contribution in [1.29, 1.82) is 0 Å². The molecule has 1 N–H and O–H groups in total. The average molecular weight is 785 g/mol. The molecule has 5 aromatic rings. The molecule has 5 heteroatoms. The zero-order valence-electron chi connectivity index (χ0n) is 27.4. The number of nitrogens with zero attached hydrogens (tertiary/aromatic N) is 1. The number of aliphatic hydroxyl groups excluding tert-OH is 1. The SMILES string of the molecule is CCC(CC)C(=O)/C=C(\O)C(CC)CC.Cc1cc2c(-c3[c-]c4ccccc4c(C(C)(C)C)c3)nc3ccccc3c2s1.[Ir]. The van der Waals surface area contributed by atoms with Crippen molar-refractivity contribution in [2.45, 2.75) is 86.5 Å². The maximum atomic E-state index is 11.7. The summed E-state index contributed by atoms with van der Waals surface area (Å²) in [5.74, 6) is 0.547. The van der Waals surface area contributed by atoms with Crippen LogP contribution >= 0.6 is 11.3 Å². The molecule has 2 heterocycles. The molecular weight excluding hydrogens is 739 g/mol. The fourth-order valence-corrected chi connectivity index (χ4v) is 6.84. The van der Waals surface area contributed by atoms with Crippen LogP contribution in [0.25, 0.3) is 43.0 Å². The number of thiophene rings is 1. The van der Waals surface area contributed by atoms with E-state index in [0.717, 1.165) is 47.8 Å². The standard InChI is InChI=1S/C26H22NS.C13H24O2.Ir/c1-16-13-21-24(27-23-12-8-7-11-20(23)25(21)28-16)18-14-17-9-5-6-10-19(17)22(15-18)26(2,3)4;1-5-10(6-2)12(14)9-13(15)11(7-3)8-4;/h5-13,15H,1-4H3;9-11,14H,5-8H2,1-4H3;/q-1;;/b;12-9-;. The maximum Gasteiger partial charge on any atom is 0.162 e. The van der Waals surface area contributed by atoms with Crippen LogP contribution in [-0.2, 0) is 30.3 Å². The van der Waals surface area contributed by atoms with E-state index in [0.29, 0.717) is 0 Å². The first kappa shape index (κ1) is 35.6. The van der Waals surface area contributed by atoms with E-state index in [1.165, 1.54) is 37.4 Å². The predicted molar refractivity (Wildman–Crippen MR) is 186 cm³/mol. The smallest absolute Gasteiger partial charge is 0.162 e. The molecule has 5 rings (SSSR count). The number of carbonyl (C=O) groups is 1. The molecule has 3 aromatic carbocycles. The summed E-state index contributed by atoms with van der Waals surface area (Å²) in [5, 5.41) is 14.6. The molecule has 0 unspecified atom stereocenters. The maximum absolute atomic E-state index is 11.7. The zero-order valence-corrected chi connectivity index (χ0v) is 30.6. The summed E-state index contributed by atoms with van der Waals surface area (Å²) in [4.78, 5) is 18.1. The van der Waals surface area contributed by atoms with Crippen molar-refractivity contribution in [2.75, 3.05) is 0 Å². The van der Waals surface area contributed by atoms with Crippen molar-refractivity contribution < 1.29 is 30.0 Å². The number of ketones is 1. The van der Waals surface area contributed by atoms with Crippen molar-refractivity contribution in [3.05, 3.63) is 89.0 Å². The topological polar surface area (TPSA) is 50.2 Å². The molecule has 0 aliphatic rings. The number of hydrogen-bond donors (Lipinski definition) is 1. The number of aryl methyl sites for hydroxylation is 1. The molecule has 0 saturated heterocycles. The van der Waals surface area contributed by atoms with Gasteiger partial charge in [0.25, 0.3) is 0 Å². The number of allylic oxidation sites excluding steroid dienone is 2. The molecule has 0 bridgehead atoms. The number of aromatic nitrogens is 1. The van der Waals surface area contributed by atoms with Crippen molar-refractivity contribution in [1.82, 2.24) is 4.98 Å². The van der Waals surface area contributed by atoms with Gasteiger partial charge in [0.05, 0.1) is 11.3 Å². The van der Waals surface area contributed by atoms with Crippen molar-refractivity contribution in [3.63, 3.8) is 0 Å². The van der Waals surface area contributed by atoms with Gasteiger partial charge in [-0.3, -0.25) is 9.78 Å². The number of pyridine rings is 1. The van der Waals surface area contributed by atoms with E-state index in [9.17, 15) is 9.90 Å². The minimum atomic E-state index is 0. The van der Waals surface area contributed by atoms with Crippen LogP contribution < -0.4 is 0 Å². The van der Waals surface area contributed by atoms with Gasteiger partial charge in [-0.25, -0.2) is 0 Å².